The molecule has 0 saturated heterocycles. The summed E-state index contributed by atoms with van der Waals surface area (Å²) < 4.78 is 28.9. The Bertz CT molecular complexity index is 1500. The number of aromatic nitrogens is 1. The number of fused-ring (bicyclic) bond motifs is 1. The molecule has 0 unspecified atom stereocenters. The van der Waals surface area contributed by atoms with E-state index in [4.69, 9.17) is 0 Å². The normalized spacial score (nSPS) is 11.7. The maximum Gasteiger partial charge on any atom is 0.257 e. The molecule has 0 aliphatic carbocycles. The lowest BCUT2D eigenvalue weighted by molar-refractivity contribution is -0.114. The van der Waals surface area contributed by atoms with E-state index in [2.05, 4.69) is 15.6 Å². The van der Waals surface area contributed by atoms with Gasteiger partial charge in [-0.25, -0.2) is 13.4 Å². The fourth-order valence-corrected chi connectivity index (χ4v) is 6.18. The molecule has 2 N–H and O–H groups in total. The van der Waals surface area contributed by atoms with Crippen LogP contribution in [0.2, 0.25) is 0 Å². The smallest absolute Gasteiger partial charge is 0.257 e. The van der Waals surface area contributed by atoms with Crippen molar-refractivity contribution in [2.75, 3.05) is 10.6 Å². The lowest BCUT2D eigenvalue weighted by Crippen LogP contribution is -2.36. The van der Waals surface area contributed by atoms with Gasteiger partial charge in [-0.3, -0.25) is 14.9 Å². The van der Waals surface area contributed by atoms with Gasteiger partial charge in [0.05, 0.1) is 15.1 Å². The van der Waals surface area contributed by atoms with Crippen LogP contribution < -0.4 is 10.6 Å². The average molecular weight is 523 g/mol. The number of carbonyl (C=O) groups excluding carboxylic acids is 2. The summed E-state index contributed by atoms with van der Waals surface area (Å²) in [4.78, 5) is 28.6. The van der Waals surface area contributed by atoms with E-state index in [-0.39, 0.29) is 23.4 Å². The van der Waals surface area contributed by atoms with Crippen LogP contribution in [0, 0.1) is 0 Å². The molecule has 8 nitrogen and oxygen atoms in total. The van der Waals surface area contributed by atoms with Gasteiger partial charge >= 0.3 is 0 Å². The minimum Gasteiger partial charge on any atom is -0.326 e. The third-order valence-electron chi connectivity index (χ3n) is 5.41. The molecule has 0 saturated carbocycles. The van der Waals surface area contributed by atoms with Crippen molar-refractivity contribution in [3.8, 4) is 0 Å². The first-order valence-electron chi connectivity index (χ1n) is 11.3. The largest absolute Gasteiger partial charge is 0.326 e. The topological polar surface area (TPSA) is 108 Å². The molecule has 0 spiro atoms. The number of nitrogens with zero attached hydrogens (tertiary/aromatic N) is 2. The van der Waals surface area contributed by atoms with Gasteiger partial charge in [0, 0.05) is 30.8 Å². The molecule has 3 aromatic carbocycles. The number of anilines is 2. The zero-order chi connectivity index (χ0) is 25.9. The van der Waals surface area contributed by atoms with E-state index in [1.165, 1.54) is 46.8 Å². The summed E-state index contributed by atoms with van der Waals surface area (Å²) in [6.45, 7) is 5.35. The van der Waals surface area contributed by atoms with Gasteiger partial charge in [-0.2, -0.15) is 4.31 Å². The second kappa shape index (κ2) is 10.6. The Morgan fingerprint density at radius 3 is 2.31 bits per heavy atom. The second-order valence-electron chi connectivity index (χ2n) is 8.49. The van der Waals surface area contributed by atoms with Crippen LogP contribution in [0.4, 0.5) is 10.8 Å². The molecule has 4 aromatic rings. The number of benzene rings is 3. The number of sulfonamides is 1. The van der Waals surface area contributed by atoms with Gasteiger partial charge in [0.25, 0.3) is 5.91 Å². The molecular formula is C26H26N4O4S2. The lowest BCUT2D eigenvalue weighted by Gasteiger charge is -2.26. The zero-order valence-corrected chi connectivity index (χ0v) is 21.7. The molecule has 10 heteroatoms. The number of nitrogens with one attached hydrogen (secondary N) is 2. The summed E-state index contributed by atoms with van der Waals surface area (Å²) >= 11 is 1.28. The Hall–Kier alpha value is -3.60. The molecule has 2 amide bonds. The first-order chi connectivity index (χ1) is 17.1. The first kappa shape index (κ1) is 25.5. The molecule has 1 aromatic heterocycles. The quantitative estimate of drug-likeness (QED) is 0.334. The number of thiazole rings is 1. The van der Waals surface area contributed by atoms with Gasteiger partial charge in [0.2, 0.25) is 15.9 Å². The molecule has 36 heavy (non-hydrogen) atoms. The van der Waals surface area contributed by atoms with E-state index in [0.29, 0.717) is 21.9 Å². The summed E-state index contributed by atoms with van der Waals surface area (Å²) in [7, 11) is -3.77. The van der Waals surface area contributed by atoms with Crippen molar-refractivity contribution in [1.29, 1.82) is 0 Å². The van der Waals surface area contributed by atoms with Crippen LogP contribution >= 0.6 is 11.3 Å². The molecule has 1 heterocycles. The second-order valence-corrected chi connectivity index (χ2v) is 11.4. The minimum atomic E-state index is -3.77. The van der Waals surface area contributed by atoms with E-state index in [1.54, 1.807) is 18.2 Å². The van der Waals surface area contributed by atoms with Crippen molar-refractivity contribution in [3.63, 3.8) is 0 Å². The average Bonchev–Trinajstić information content (AvgIpc) is 3.24. The molecule has 0 radical (unpaired) electrons. The van der Waals surface area contributed by atoms with E-state index in [9.17, 15) is 18.0 Å². The van der Waals surface area contributed by atoms with Crippen molar-refractivity contribution < 1.29 is 18.0 Å². The van der Waals surface area contributed by atoms with Crippen molar-refractivity contribution in [1.82, 2.24) is 9.29 Å². The van der Waals surface area contributed by atoms with E-state index in [1.807, 2.05) is 44.2 Å². The highest BCUT2D eigenvalue weighted by atomic mass is 32.2. The highest BCUT2D eigenvalue weighted by Gasteiger charge is 2.27. The summed E-state index contributed by atoms with van der Waals surface area (Å²) in [5, 5.41) is 5.88. The molecule has 186 valence electrons. The van der Waals surface area contributed by atoms with Crippen LogP contribution in [-0.2, 0) is 21.4 Å². The molecular weight excluding hydrogens is 496 g/mol. The van der Waals surface area contributed by atoms with Gasteiger partial charge in [0.1, 0.15) is 0 Å². The van der Waals surface area contributed by atoms with E-state index < -0.39 is 15.9 Å². The lowest BCUT2D eigenvalue weighted by atomic mass is 10.2. The SMILES string of the molecule is CC(=O)Nc1ccc2nc(NC(=O)c3ccc(S(=O)(=O)N(Cc4ccccc4)C(C)C)cc3)sc2c1. The standard InChI is InChI=1S/C26H26N4O4S2/c1-17(2)30(16-19-7-5-4-6-8-19)36(33,34)22-12-9-20(10-13-22)25(32)29-26-28-23-14-11-21(27-18(3)31)15-24(23)35-26/h4-15,17H,16H2,1-3H3,(H,27,31)(H,28,29,32). The van der Waals surface area contributed by atoms with Crippen LogP contribution in [0.3, 0.4) is 0 Å². The molecule has 4 rings (SSSR count). The number of carbonyl (C=O) groups is 2. The number of hydrogen-bond donors (Lipinski definition) is 2. The maximum absolute atomic E-state index is 13.3. The van der Waals surface area contributed by atoms with Crippen LogP contribution in [0.25, 0.3) is 10.2 Å². The van der Waals surface area contributed by atoms with Crippen LogP contribution in [-0.4, -0.2) is 35.6 Å². The molecule has 0 fully saturated rings. The van der Waals surface area contributed by atoms with Crippen LogP contribution in [0.15, 0.2) is 77.7 Å². The predicted octanol–water partition coefficient (Wildman–Crippen LogP) is 5.11. The molecule has 0 bridgehead atoms. The Morgan fingerprint density at radius 1 is 0.972 bits per heavy atom. The van der Waals surface area contributed by atoms with Crippen molar-refractivity contribution in [2.24, 2.45) is 0 Å². The van der Waals surface area contributed by atoms with E-state index >= 15 is 0 Å². The van der Waals surface area contributed by atoms with Crippen LogP contribution in [0.5, 0.6) is 0 Å². The van der Waals surface area contributed by atoms with Gasteiger partial charge < -0.3 is 5.32 Å². The zero-order valence-electron chi connectivity index (χ0n) is 20.1. The van der Waals surface area contributed by atoms with Crippen LogP contribution in [0.1, 0.15) is 36.7 Å². The van der Waals surface area contributed by atoms with Gasteiger partial charge in [-0.15, -0.1) is 0 Å². The monoisotopic (exact) mass is 522 g/mol. The Balaban J connectivity index is 1.50. The van der Waals surface area contributed by atoms with Crippen molar-refractivity contribution >= 4 is 54.2 Å². The summed E-state index contributed by atoms with van der Waals surface area (Å²) in [6.07, 6.45) is 0. The number of hydrogen-bond acceptors (Lipinski definition) is 6. The first-order valence-corrected chi connectivity index (χ1v) is 13.5. The summed E-state index contributed by atoms with van der Waals surface area (Å²) in [5.41, 5.74) is 2.55. The molecule has 0 atom stereocenters. The number of amides is 2. The maximum atomic E-state index is 13.3. The molecule has 0 aliphatic heterocycles. The molecule has 0 aliphatic rings. The minimum absolute atomic E-state index is 0.120. The highest BCUT2D eigenvalue weighted by molar-refractivity contribution is 7.89. The van der Waals surface area contributed by atoms with Gasteiger partial charge in [0.15, 0.2) is 5.13 Å². The fourth-order valence-electron chi connectivity index (χ4n) is 3.65. The van der Waals surface area contributed by atoms with Gasteiger partial charge in [-0.05, 0) is 61.9 Å². The third-order valence-corrected chi connectivity index (χ3v) is 8.38. The Morgan fingerprint density at radius 2 is 1.67 bits per heavy atom. The van der Waals surface area contributed by atoms with Crippen molar-refractivity contribution in [2.45, 2.75) is 38.3 Å². The highest BCUT2D eigenvalue weighted by Crippen LogP contribution is 2.29. The Kier molecular flexibility index (Phi) is 7.48. The third kappa shape index (κ3) is 5.78. The summed E-state index contributed by atoms with van der Waals surface area (Å²) in [5.74, 6) is -0.570. The fraction of sp³-hybridized carbons (Fsp3) is 0.192. The summed E-state index contributed by atoms with van der Waals surface area (Å²) in [6, 6.07) is 20.4. The Labute approximate surface area is 214 Å². The van der Waals surface area contributed by atoms with Gasteiger partial charge in [-0.1, -0.05) is 41.7 Å². The van der Waals surface area contributed by atoms with E-state index in [0.717, 1.165) is 10.3 Å². The number of rotatable bonds is 8. The van der Waals surface area contributed by atoms with Crippen molar-refractivity contribution in [3.05, 3.63) is 83.9 Å². The predicted molar refractivity (Wildman–Crippen MR) is 143 cm³/mol.